The first-order valence-electron chi connectivity index (χ1n) is 8.89. The van der Waals surface area contributed by atoms with Gasteiger partial charge >= 0.3 is 0 Å². The van der Waals surface area contributed by atoms with E-state index in [0.717, 1.165) is 5.56 Å². The molecule has 1 aliphatic heterocycles. The lowest BCUT2D eigenvalue weighted by molar-refractivity contribution is -0.113. The van der Waals surface area contributed by atoms with Gasteiger partial charge in [0.25, 0.3) is 5.91 Å². The van der Waals surface area contributed by atoms with Gasteiger partial charge in [0.05, 0.1) is 12.8 Å². The van der Waals surface area contributed by atoms with Crippen LogP contribution in [0.5, 0.6) is 11.5 Å². The molecule has 0 radical (unpaired) electrons. The molecular weight excluding hydrogens is 371 g/mol. The lowest BCUT2D eigenvalue weighted by Gasteiger charge is -2.18. The molecule has 0 saturated carbocycles. The molecule has 1 heterocycles. The minimum atomic E-state index is -0.349. The summed E-state index contributed by atoms with van der Waals surface area (Å²) in [7, 11) is 1.58. The van der Waals surface area contributed by atoms with Crippen LogP contribution in [0.2, 0.25) is 0 Å². The van der Waals surface area contributed by atoms with Crippen LogP contribution in [0, 0.1) is 5.82 Å². The van der Waals surface area contributed by atoms with Gasteiger partial charge in [0, 0.05) is 5.56 Å². The molecule has 144 valence electrons. The van der Waals surface area contributed by atoms with E-state index in [0.29, 0.717) is 22.8 Å². The fourth-order valence-electron chi connectivity index (χ4n) is 3.01. The summed E-state index contributed by atoms with van der Waals surface area (Å²) in [6.07, 6.45) is 1.62. The zero-order valence-corrected chi connectivity index (χ0v) is 15.5. The highest BCUT2D eigenvalue weighted by molar-refractivity contribution is 6.33. The Morgan fingerprint density at radius 3 is 2.24 bits per heavy atom. The number of halogens is 1. The number of carbonyl (C=O) groups excluding carboxylic acids is 1. The molecule has 1 amide bonds. The van der Waals surface area contributed by atoms with Crippen LogP contribution >= 0.6 is 0 Å². The van der Waals surface area contributed by atoms with E-state index in [4.69, 9.17) is 4.74 Å². The number of rotatable bonds is 4. The third-order valence-electron chi connectivity index (χ3n) is 4.49. The summed E-state index contributed by atoms with van der Waals surface area (Å²) in [5.74, 6) is 0.586. The number of aliphatic imine (C=N–C) groups is 1. The standard InChI is InChI=1S/C23H17FN2O3/c1-29-20-12-4-16(5-13-20)22-25-21(14-15-2-6-17(24)7-3-15)23(28)26(22)18-8-10-19(27)11-9-18/h2-14,27H,1H3/b21-14+. The van der Waals surface area contributed by atoms with Gasteiger partial charge in [0.2, 0.25) is 0 Å². The van der Waals surface area contributed by atoms with E-state index >= 15 is 0 Å². The van der Waals surface area contributed by atoms with E-state index in [1.54, 1.807) is 49.6 Å². The predicted molar refractivity (Wildman–Crippen MR) is 110 cm³/mol. The van der Waals surface area contributed by atoms with Crippen LogP contribution in [0.1, 0.15) is 11.1 Å². The van der Waals surface area contributed by atoms with Crippen molar-refractivity contribution < 1.29 is 19.0 Å². The molecule has 3 aromatic carbocycles. The summed E-state index contributed by atoms with van der Waals surface area (Å²) in [4.78, 5) is 19.2. The van der Waals surface area contributed by atoms with Crippen molar-refractivity contribution in [3.8, 4) is 11.5 Å². The molecule has 0 unspecified atom stereocenters. The maximum absolute atomic E-state index is 13.2. The first-order chi connectivity index (χ1) is 14.0. The maximum atomic E-state index is 13.2. The smallest absolute Gasteiger partial charge is 0.282 e. The summed E-state index contributed by atoms with van der Waals surface area (Å²) in [5.41, 5.74) is 2.20. The number of amidine groups is 1. The van der Waals surface area contributed by atoms with E-state index < -0.39 is 0 Å². The molecule has 3 aromatic rings. The lowest BCUT2D eigenvalue weighted by Crippen LogP contribution is -2.32. The van der Waals surface area contributed by atoms with Crippen LogP contribution in [0.15, 0.2) is 83.5 Å². The number of benzene rings is 3. The second-order valence-corrected chi connectivity index (χ2v) is 6.40. The Kier molecular flexibility index (Phi) is 4.83. The number of methoxy groups -OCH3 is 1. The van der Waals surface area contributed by atoms with E-state index in [1.165, 1.54) is 29.2 Å². The van der Waals surface area contributed by atoms with Gasteiger partial charge in [-0.15, -0.1) is 0 Å². The number of amides is 1. The first kappa shape index (κ1) is 18.4. The summed E-state index contributed by atoms with van der Waals surface area (Å²) in [6, 6.07) is 19.4. The predicted octanol–water partition coefficient (Wildman–Crippen LogP) is 4.37. The number of carbonyl (C=O) groups is 1. The summed E-state index contributed by atoms with van der Waals surface area (Å²) >= 11 is 0. The lowest BCUT2D eigenvalue weighted by atomic mass is 10.1. The van der Waals surface area contributed by atoms with Crippen LogP contribution in [-0.2, 0) is 4.79 Å². The van der Waals surface area contributed by atoms with Crippen LogP contribution in [0.3, 0.4) is 0 Å². The van der Waals surface area contributed by atoms with Crippen LogP contribution in [-0.4, -0.2) is 24.0 Å². The minimum Gasteiger partial charge on any atom is -0.508 e. The zero-order chi connectivity index (χ0) is 20.4. The van der Waals surface area contributed by atoms with Crippen molar-refractivity contribution in [1.29, 1.82) is 0 Å². The monoisotopic (exact) mass is 388 g/mol. The van der Waals surface area contributed by atoms with Crippen molar-refractivity contribution in [3.63, 3.8) is 0 Å². The number of anilines is 1. The molecule has 0 aromatic heterocycles. The summed E-state index contributed by atoms with van der Waals surface area (Å²) in [5, 5.41) is 9.59. The number of hydrogen-bond donors (Lipinski definition) is 1. The molecule has 0 aliphatic carbocycles. The fourth-order valence-corrected chi connectivity index (χ4v) is 3.01. The Morgan fingerprint density at radius 2 is 1.62 bits per heavy atom. The largest absolute Gasteiger partial charge is 0.508 e. The van der Waals surface area contributed by atoms with Gasteiger partial charge in [0.15, 0.2) is 0 Å². The molecule has 0 atom stereocenters. The van der Waals surface area contributed by atoms with Crippen molar-refractivity contribution in [2.24, 2.45) is 4.99 Å². The van der Waals surface area contributed by atoms with E-state index in [2.05, 4.69) is 4.99 Å². The molecule has 4 rings (SSSR count). The Morgan fingerprint density at radius 1 is 0.966 bits per heavy atom. The topological polar surface area (TPSA) is 62.1 Å². The van der Waals surface area contributed by atoms with E-state index in [1.807, 2.05) is 12.1 Å². The summed E-state index contributed by atoms with van der Waals surface area (Å²) < 4.78 is 18.4. The SMILES string of the molecule is COc1ccc(C2=N/C(=C/c3ccc(F)cc3)C(=O)N2c2ccc(O)cc2)cc1. The highest BCUT2D eigenvalue weighted by Crippen LogP contribution is 2.29. The van der Waals surface area contributed by atoms with Crippen molar-refractivity contribution in [3.05, 3.63) is 95.4 Å². The normalized spacial score (nSPS) is 15.0. The van der Waals surface area contributed by atoms with Crippen LogP contribution in [0.25, 0.3) is 6.08 Å². The Balaban J connectivity index is 1.79. The molecular formula is C23H17FN2O3. The molecule has 1 N–H and O–H groups in total. The molecule has 0 saturated heterocycles. The number of phenolic OH excluding ortho intramolecular Hbond substituents is 1. The maximum Gasteiger partial charge on any atom is 0.282 e. The Labute approximate surface area is 167 Å². The van der Waals surface area contributed by atoms with E-state index in [-0.39, 0.29) is 23.2 Å². The number of phenols is 1. The molecule has 5 nitrogen and oxygen atoms in total. The summed E-state index contributed by atoms with van der Waals surface area (Å²) in [6.45, 7) is 0. The third-order valence-corrected chi connectivity index (χ3v) is 4.49. The quantitative estimate of drug-likeness (QED) is 0.675. The fraction of sp³-hybridized carbons (Fsp3) is 0.0435. The number of aromatic hydroxyl groups is 1. The van der Waals surface area contributed by atoms with Crippen molar-refractivity contribution in [2.75, 3.05) is 12.0 Å². The number of nitrogens with zero attached hydrogens (tertiary/aromatic N) is 2. The molecule has 0 fully saturated rings. The van der Waals surface area contributed by atoms with Gasteiger partial charge < -0.3 is 9.84 Å². The molecule has 0 spiro atoms. The second-order valence-electron chi connectivity index (χ2n) is 6.40. The highest BCUT2D eigenvalue weighted by atomic mass is 19.1. The van der Waals surface area contributed by atoms with Crippen molar-refractivity contribution in [1.82, 2.24) is 0 Å². The molecule has 0 bridgehead atoms. The number of hydrogen-bond acceptors (Lipinski definition) is 4. The second kappa shape index (κ2) is 7.59. The Hall–Kier alpha value is -3.93. The zero-order valence-electron chi connectivity index (χ0n) is 15.5. The van der Waals surface area contributed by atoms with Gasteiger partial charge in [-0.05, 0) is 72.3 Å². The molecule has 29 heavy (non-hydrogen) atoms. The van der Waals surface area contributed by atoms with Gasteiger partial charge in [-0.1, -0.05) is 12.1 Å². The van der Waals surface area contributed by atoms with Gasteiger partial charge in [-0.3, -0.25) is 9.69 Å². The first-order valence-corrected chi connectivity index (χ1v) is 8.89. The van der Waals surface area contributed by atoms with Gasteiger partial charge in [-0.2, -0.15) is 0 Å². The number of ether oxygens (including phenoxy) is 1. The van der Waals surface area contributed by atoms with Crippen molar-refractivity contribution >= 4 is 23.5 Å². The third kappa shape index (κ3) is 3.73. The average Bonchev–Trinajstić information content (AvgIpc) is 3.06. The van der Waals surface area contributed by atoms with Crippen LogP contribution in [0.4, 0.5) is 10.1 Å². The van der Waals surface area contributed by atoms with E-state index in [9.17, 15) is 14.3 Å². The van der Waals surface area contributed by atoms with Gasteiger partial charge in [-0.25, -0.2) is 9.38 Å². The van der Waals surface area contributed by atoms with Crippen molar-refractivity contribution in [2.45, 2.75) is 0 Å². The average molecular weight is 388 g/mol. The van der Waals surface area contributed by atoms with Crippen LogP contribution < -0.4 is 9.64 Å². The van der Waals surface area contributed by atoms with Gasteiger partial charge in [0.1, 0.15) is 28.8 Å². The highest BCUT2D eigenvalue weighted by Gasteiger charge is 2.32. The molecule has 6 heteroatoms. The Bertz CT molecular complexity index is 1100. The molecule has 1 aliphatic rings. The minimum absolute atomic E-state index is 0.102.